The highest BCUT2D eigenvalue weighted by atomic mass is 32.1. The molecule has 1 heterocycles. The topological polar surface area (TPSA) is 98.3 Å². The van der Waals surface area contributed by atoms with Crippen molar-refractivity contribution in [3.63, 3.8) is 0 Å². The number of ether oxygens (including phenoxy) is 2. The summed E-state index contributed by atoms with van der Waals surface area (Å²) in [6.07, 6.45) is 1.55. The number of allylic oxidation sites excluding steroid dienone is 1. The van der Waals surface area contributed by atoms with E-state index in [0.717, 1.165) is 11.3 Å². The van der Waals surface area contributed by atoms with Crippen molar-refractivity contribution in [1.29, 1.82) is 5.26 Å². The first-order chi connectivity index (χ1) is 14.0. The van der Waals surface area contributed by atoms with Gasteiger partial charge in [0.05, 0.1) is 17.6 Å². The molecule has 3 rings (SSSR count). The number of nitro benzene ring substituents is 1. The van der Waals surface area contributed by atoms with Gasteiger partial charge in [0.15, 0.2) is 5.75 Å². The highest BCUT2D eigenvalue weighted by Crippen LogP contribution is 2.39. The first kappa shape index (κ1) is 20.0. The Hall–Kier alpha value is -3.70. The van der Waals surface area contributed by atoms with E-state index in [4.69, 9.17) is 9.47 Å². The Bertz CT molecular complexity index is 1100. The maximum absolute atomic E-state index is 11.7. The van der Waals surface area contributed by atoms with Crippen LogP contribution in [0.3, 0.4) is 0 Å². The van der Waals surface area contributed by atoms with Gasteiger partial charge < -0.3 is 9.47 Å². The Morgan fingerprint density at radius 3 is 2.69 bits per heavy atom. The van der Waals surface area contributed by atoms with E-state index in [0.29, 0.717) is 16.1 Å². The second-order valence-electron chi connectivity index (χ2n) is 6.07. The van der Waals surface area contributed by atoms with E-state index in [1.54, 1.807) is 12.1 Å². The van der Waals surface area contributed by atoms with Gasteiger partial charge >= 0.3 is 5.69 Å². The lowest BCUT2D eigenvalue weighted by Crippen LogP contribution is -2.02. The molecule has 0 aliphatic carbocycles. The Labute approximate surface area is 171 Å². The average Bonchev–Trinajstić information content (AvgIpc) is 3.17. The highest BCUT2D eigenvalue weighted by molar-refractivity contribution is 7.11. The van der Waals surface area contributed by atoms with Crippen LogP contribution in [0, 0.1) is 28.4 Å². The summed E-state index contributed by atoms with van der Waals surface area (Å²) in [7, 11) is 1.41. The maximum Gasteiger partial charge on any atom is 0.315 e. The molecular weight excluding hydrogens is 390 g/mol. The number of aryl methyl sites for hydroxylation is 1. The van der Waals surface area contributed by atoms with Gasteiger partial charge in [0.25, 0.3) is 0 Å². The lowest BCUT2D eigenvalue weighted by atomic mass is 10.1. The van der Waals surface area contributed by atoms with Crippen LogP contribution in [0.4, 0.5) is 5.69 Å². The highest BCUT2D eigenvalue weighted by Gasteiger charge is 2.22. The summed E-state index contributed by atoms with van der Waals surface area (Å²) < 4.78 is 11.1. The van der Waals surface area contributed by atoms with Crippen molar-refractivity contribution in [2.24, 2.45) is 0 Å². The van der Waals surface area contributed by atoms with Crippen LogP contribution in [0.1, 0.15) is 21.8 Å². The number of nitro groups is 1. The van der Waals surface area contributed by atoms with Crippen molar-refractivity contribution in [3.8, 4) is 17.6 Å². The van der Waals surface area contributed by atoms with E-state index in [2.05, 4.69) is 11.1 Å². The molecule has 0 unspecified atom stereocenters. The molecule has 0 saturated carbocycles. The zero-order chi connectivity index (χ0) is 20.8. The molecule has 146 valence electrons. The molecule has 29 heavy (non-hydrogen) atoms. The van der Waals surface area contributed by atoms with Crippen molar-refractivity contribution in [1.82, 2.24) is 4.98 Å². The lowest BCUT2D eigenvalue weighted by Gasteiger charge is -2.12. The summed E-state index contributed by atoms with van der Waals surface area (Å²) in [4.78, 5) is 15.4. The first-order valence-electron chi connectivity index (χ1n) is 8.59. The minimum atomic E-state index is -0.528. The summed E-state index contributed by atoms with van der Waals surface area (Å²) in [5.41, 5.74) is 2.21. The molecule has 0 bridgehead atoms. The quantitative estimate of drug-likeness (QED) is 0.310. The van der Waals surface area contributed by atoms with Gasteiger partial charge in [0, 0.05) is 17.1 Å². The number of nitriles is 1. The van der Waals surface area contributed by atoms with Crippen molar-refractivity contribution in [3.05, 3.63) is 79.8 Å². The molecule has 8 heteroatoms. The fourth-order valence-corrected chi connectivity index (χ4v) is 3.40. The van der Waals surface area contributed by atoms with E-state index < -0.39 is 4.92 Å². The van der Waals surface area contributed by atoms with E-state index in [9.17, 15) is 15.4 Å². The van der Waals surface area contributed by atoms with Crippen LogP contribution in [0.15, 0.2) is 47.8 Å². The van der Waals surface area contributed by atoms with Crippen molar-refractivity contribution in [2.45, 2.75) is 13.5 Å². The van der Waals surface area contributed by atoms with Gasteiger partial charge in [-0.15, -0.1) is 11.3 Å². The molecule has 0 N–H and O–H groups in total. The zero-order valence-corrected chi connectivity index (χ0v) is 16.6. The number of methoxy groups -OCH3 is 1. The van der Waals surface area contributed by atoms with Gasteiger partial charge in [-0.1, -0.05) is 30.3 Å². The number of benzene rings is 2. The Balaban J connectivity index is 2.00. The Morgan fingerprint density at radius 1 is 1.34 bits per heavy atom. The van der Waals surface area contributed by atoms with Crippen molar-refractivity contribution in [2.75, 3.05) is 7.11 Å². The summed E-state index contributed by atoms with van der Waals surface area (Å²) in [6, 6.07) is 14.4. The molecule has 7 nitrogen and oxygen atoms in total. The fourth-order valence-electron chi connectivity index (χ4n) is 2.64. The van der Waals surface area contributed by atoms with Gasteiger partial charge in [0.2, 0.25) is 5.75 Å². The fraction of sp³-hybridized carbons (Fsp3) is 0.143. The standard InChI is InChI=1S/C21H17N3O4S/c1-14-13-29-21(23-14)17(11-22)8-16-9-18(24(25)26)20(19(10-16)27-2)28-12-15-6-4-3-5-7-15/h3-10,13H,12H2,1-2H3/b17-8-. The van der Waals surface area contributed by atoms with Gasteiger partial charge in [0.1, 0.15) is 17.7 Å². The largest absolute Gasteiger partial charge is 0.493 e. The second kappa shape index (κ2) is 8.99. The Morgan fingerprint density at radius 2 is 2.10 bits per heavy atom. The van der Waals surface area contributed by atoms with Crippen LogP contribution in [-0.4, -0.2) is 17.0 Å². The SMILES string of the molecule is COc1cc(/C=C(/C#N)c2nc(C)cs2)cc([N+](=O)[O-])c1OCc1ccccc1. The van der Waals surface area contributed by atoms with E-state index in [1.165, 1.54) is 24.5 Å². The van der Waals surface area contributed by atoms with Gasteiger partial charge in [-0.05, 0) is 30.2 Å². The minimum Gasteiger partial charge on any atom is -0.493 e. The molecule has 0 saturated heterocycles. The smallest absolute Gasteiger partial charge is 0.315 e. The van der Waals surface area contributed by atoms with Gasteiger partial charge in [-0.3, -0.25) is 10.1 Å². The summed E-state index contributed by atoms with van der Waals surface area (Å²) >= 11 is 1.34. The van der Waals surface area contributed by atoms with Gasteiger partial charge in [-0.2, -0.15) is 5.26 Å². The summed E-state index contributed by atoms with van der Waals surface area (Å²) in [5, 5.41) is 23.5. The van der Waals surface area contributed by atoms with Crippen LogP contribution < -0.4 is 9.47 Å². The molecule has 0 radical (unpaired) electrons. The summed E-state index contributed by atoms with van der Waals surface area (Å²) in [5.74, 6) is 0.260. The molecular formula is C21H17N3O4S. The van der Waals surface area contributed by atoms with Crippen LogP contribution in [0.2, 0.25) is 0 Å². The molecule has 1 aromatic heterocycles. The number of thiazole rings is 1. The van der Waals surface area contributed by atoms with E-state index in [1.807, 2.05) is 42.6 Å². The predicted molar refractivity (Wildman–Crippen MR) is 111 cm³/mol. The molecule has 0 aliphatic rings. The normalized spacial score (nSPS) is 11.0. The van der Waals surface area contributed by atoms with Crippen LogP contribution in [0.5, 0.6) is 11.5 Å². The number of rotatable bonds is 7. The summed E-state index contributed by atoms with van der Waals surface area (Å²) in [6.45, 7) is 2.00. The molecule has 0 amide bonds. The molecule has 2 aromatic carbocycles. The third kappa shape index (κ3) is 4.78. The zero-order valence-electron chi connectivity index (χ0n) is 15.8. The third-order valence-corrected chi connectivity index (χ3v) is 4.97. The van der Waals surface area contributed by atoms with Gasteiger partial charge in [-0.25, -0.2) is 4.98 Å². The Kier molecular flexibility index (Phi) is 6.22. The minimum absolute atomic E-state index is 0.0436. The molecule has 0 fully saturated rings. The van der Waals surface area contributed by atoms with E-state index in [-0.39, 0.29) is 23.8 Å². The molecule has 3 aromatic rings. The average molecular weight is 407 g/mol. The number of hydrogen-bond acceptors (Lipinski definition) is 7. The second-order valence-corrected chi connectivity index (χ2v) is 6.92. The third-order valence-electron chi connectivity index (χ3n) is 3.98. The van der Waals surface area contributed by atoms with Crippen molar-refractivity contribution >= 4 is 28.7 Å². The molecule has 0 spiro atoms. The number of nitrogens with zero attached hydrogens (tertiary/aromatic N) is 3. The maximum atomic E-state index is 11.7. The number of hydrogen-bond donors (Lipinski definition) is 0. The first-order valence-corrected chi connectivity index (χ1v) is 9.47. The van der Waals surface area contributed by atoms with Crippen LogP contribution >= 0.6 is 11.3 Å². The number of aromatic nitrogens is 1. The van der Waals surface area contributed by atoms with Crippen molar-refractivity contribution < 1.29 is 14.4 Å². The predicted octanol–water partition coefficient (Wildman–Crippen LogP) is 5.01. The lowest BCUT2D eigenvalue weighted by molar-refractivity contribution is -0.386. The molecule has 0 aliphatic heterocycles. The van der Waals surface area contributed by atoms with Crippen LogP contribution in [0.25, 0.3) is 11.6 Å². The van der Waals surface area contributed by atoms with Crippen LogP contribution in [-0.2, 0) is 6.61 Å². The van der Waals surface area contributed by atoms with E-state index >= 15 is 0 Å². The monoisotopic (exact) mass is 407 g/mol. The molecule has 0 atom stereocenters.